The van der Waals surface area contributed by atoms with Crippen molar-refractivity contribution in [2.75, 3.05) is 0 Å². The zero-order chi connectivity index (χ0) is 11.8. The topological polar surface area (TPSA) is 64.9 Å². The second-order valence-electron chi connectivity index (χ2n) is 4.66. The molecule has 4 heteroatoms. The molecule has 1 aliphatic carbocycles. The summed E-state index contributed by atoms with van der Waals surface area (Å²) in [4.78, 5) is 4.38. The van der Waals surface area contributed by atoms with Gasteiger partial charge in [0.15, 0.2) is 5.82 Å². The monoisotopic (exact) mass is 229 g/mol. The first kappa shape index (κ1) is 10.5. The summed E-state index contributed by atoms with van der Waals surface area (Å²) < 4.78 is 5.22. The summed E-state index contributed by atoms with van der Waals surface area (Å²) in [5.74, 6) is 1.79. The molecule has 1 aromatic heterocycles. The van der Waals surface area contributed by atoms with Crippen molar-refractivity contribution in [3.05, 3.63) is 47.1 Å². The van der Waals surface area contributed by atoms with E-state index in [1.165, 1.54) is 5.56 Å². The van der Waals surface area contributed by atoms with Crippen LogP contribution in [0.1, 0.15) is 47.6 Å². The minimum Gasteiger partial charge on any atom is -0.339 e. The lowest BCUT2D eigenvalue weighted by atomic mass is 10.0. The molecule has 1 aromatic carbocycles. The third kappa shape index (κ3) is 2.08. The van der Waals surface area contributed by atoms with Crippen molar-refractivity contribution in [1.29, 1.82) is 0 Å². The fraction of sp³-hybridized carbons (Fsp3) is 0.385. The van der Waals surface area contributed by atoms with Crippen molar-refractivity contribution >= 4 is 0 Å². The van der Waals surface area contributed by atoms with Crippen LogP contribution in [0.5, 0.6) is 0 Å². The van der Waals surface area contributed by atoms with Gasteiger partial charge in [0.1, 0.15) is 0 Å². The SMILES string of the molecule is Cc1cccc(C(N)c2noc(C3CC3)n2)c1. The van der Waals surface area contributed by atoms with Gasteiger partial charge >= 0.3 is 0 Å². The van der Waals surface area contributed by atoms with E-state index in [1.54, 1.807) is 0 Å². The normalized spacial score (nSPS) is 17.1. The molecular weight excluding hydrogens is 214 g/mol. The van der Waals surface area contributed by atoms with E-state index in [2.05, 4.69) is 16.2 Å². The summed E-state index contributed by atoms with van der Waals surface area (Å²) in [6.45, 7) is 2.04. The molecule has 0 spiro atoms. The van der Waals surface area contributed by atoms with Gasteiger partial charge in [0.25, 0.3) is 0 Å². The smallest absolute Gasteiger partial charge is 0.229 e. The van der Waals surface area contributed by atoms with Gasteiger partial charge in [-0.25, -0.2) is 0 Å². The molecule has 1 saturated carbocycles. The summed E-state index contributed by atoms with van der Waals surface area (Å²) in [5.41, 5.74) is 8.34. The molecule has 1 aliphatic rings. The Morgan fingerprint density at radius 1 is 1.41 bits per heavy atom. The highest BCUT2D eigenvalue weighted by Gasteiger charge is 2.30. The number of nitrogens with zero attached hydrogens (tertiary/aromatic N) is 2. The van der Waals surface area contributed by atoms with Gasteiger partial charge in [-0.2, -0.15) is 4.98 Å². The Kier molecular flexibility index (Phi) is 2.44. The molecule has 0 radical (unpaired) electrons. The highest BCUT2D eigenvalue weighted by Crippen LogP contribution is 2.39. The fourth-order valence-electron chi connectivity index (χ4n) is 1.88. The third-order valence-electron chi connectivity index (χ3n) is 3.06. The zero-order valence-electron chi connectivity index (χ0n) is 9.76. The van der Waals surface area contributed by atoms with E-state index in [9.17, 15) is 0 Å². The second kappa shape index (κ2) is 3.96. The molecule has 4 nitrogen and oxygen atoms in total. The van der Waals surface area contributed by atoms with Crippen molar-refractivity contribution in [3.63, 3.8) is 0 Å². The number of hydrogen-bond donors (Lipinski definition) is 1. The average molecular weight is 229 g/mol. The quantitative estimate of drug-likeness (QED) is 0.877. The number of aromatic nitrogens is 2. The standard InChI is InChI=1S/C13H15N3O/c1-8-3-2-4-10(7-8)11(14)12-15-13(17-16-12)9-5-6-9/h2-4,7,9,11H,5-6,14H2,1H3. The van der Waals surface area contributed by atoms with Crippen LogP contribution in [-0.2, 0) is 0 Å². The van der Waals surface area contributed by atoms with Crippen molar-refractivity contribution < 1.29 is 4.52 Å². The largest absolute Gasteiger partial charge is 0.339 e. The number of benzene rings is 1. The average Bonchev–Trinajstić information content (AvgIpc) is 3.07. The molecule has 0 amide bonds. The highest BCUT2D eigenvalue weighted by molar-refractivity contribution is 5.28. The summed E-state index contributed by atoms with van der Waals surface area (Å²) in [6.07, 6.45) is 2.31. The van der Waals surface area contributed by atoms with Crippen LogP contribution in [0, 0.1) is 6.92 Å². The molecule has 1 heterocycles. The molecular formula is C13H15N3O. The summed E-state index contributed by atoms with van der Waals surface area (Å²) >= 11 is 0. The molecule has 0 bridgehead atoms. The number of rotatable bonds is 3. The first-order valence-electron chi connectivity index (χ1n) is 5.89. The van der Waals surface area contributed by atoms with E-state index in [4.69, 9.17) is 10.3 Å². The van der Waals surface area contributed by atoms with Crippen LogP contribution in [0.15, 0.2) is 28.8 Å². The van der Waals surface area contributed by atoms with Crippen molar-refractivity contribution in [2.45, 2.75) is 31.7 Å². The Morgan fingerprint density at radius 3 is 2.94 bits per heavy atom. The van der Waals surface area contributed by atoms with Gasteiger partial charge in [-0.3, -0.25) is 0 Å². The number of hydrogen-bond acceptors (Lipinski definition) is 4. The Morgan fingerprint density at radius 2 is 2.24 bits per heavy atom. The first-order chi connectivity index (χ1) is 8.24. The van der Waals surface area contributed by atoms with Gasteiger partial charge in [-0.05, 0) is 25.3 Å². The predicted octanol–water partition coefficient (Wildman–Crippen LogP) is 2.30. The summed E-state index contributed by atoms with van der Waals surface area (Å²) in [7, 11) is 0. The Hall–Kier alpha value is -1.68. The van der Waals surface area contributed by atoms with E-state index < -0.39 is 0 Å². The van der Waals surface area contributed by atoms with Gasteiger partial charge < -0.3 is 10.3 Å². The van der Waals surface area contributed by atoms with Crippen LogP contribution in [0.25, 0.3) is 0 Å². The molecule has 0 saturated heterocycles. The molecule has 88 valence electrons. The van der Waals surface area contributed by atoms with E-state index in [0.29, 0.717) is 11.7 Å². The van der Waals surface area contributed by atoms with Crippen LogP contribution in [0.4, 0.5) is 0 Å². The molecule has 2 aromatic rings. The predicted molar refractivity (Wildman–Crippen MR) is 63.5 cm³/mol. The Balaban J connectivity index is 1.86. The molecule has 2 N–H and O–H groups in total. The maximum absolute atomic E-state index is 6.13. The fourth-order valence-corrected chi connectivity index (χ4v) is 1.88. The van der Waals surface area contributed by atoms with Crippen LogP contribution in [-0.4, -0.2) is 10.1 Å². The van der Waals surface area contributed by atoms with E-state index in [1.807, 2.05) is 25.1 Å². The maximum Gasteiger partial charge on any atom is 0.229 e. The van der Waals surface area contributed by atoms with Crippen LogP contribution < -0.4 is 5.73 Å². The zero-order valence-corrected chi connectivity index (χ0v) is 9.76. The van der Waals surface area contributed by atoms with E-state index >= 15 is 0 Å². The Bertz CT molecular complexity index is 531. The lowest BCUT2D eigenvalue weighted by Crippen LogP contribution is -2.13. The summed E-state index contributed by atoms with van der Waals surface area (Å²) in [5, 5.41) is 3.97. The highest BCUT2D eigenvalue weighted by atomic mass is 16.5. The lowest BCUT2D eigenvalue weighted by Gasteiger charge is -2.07. The van der Waals surface area contributed by atoms with E-state index in [0.717, 1.165) is 24.3 Å². The van der Waals surface area contributed by atoms with Crippen LogP contribution >= 0.6 is 0 Å². The Labute approximate surface area is 99.8 Å². The molecule has 0 aliphatic heterocycles. The third-order valence-corrected chi connectivity index (χ3v) is 3.06. The van der Waals surface area contributed by atoms with Crippen molar-refractivity contribution in [2.24, 2.45) is 5.73 Å². The van der Waals surface area contributed by atoms with Gasteiger partial charge in [-0.15, -0.1) is 0 Å². The lowest BCUT2D eigenvalue weighted by molar-refractivity contribution is 0.372. The molecule has 3 rings (SSSR count). The van der Waals surface area contributed by atoms with Gasteiger partial charge in [0.05, 0.1) is 6.04 Å². The minimum absolute atomic E-state index is 0.300. The van der Waals surface area contributed by atoms with Crippen molar-refractivity contribution in [3.8, 4) is 0 Å². The summed E-state index contributed by atoms with van der Waals surface area (Å²) in [6, 6.07) is 7.78. The van der Waals surface area contributed by atoms with Crippen LogP contribution in [0.2, 0.25) is 0 Å². The minimum atomic E-state index is -0.300. The molecule has 17 heavy (non-hydrogen) atoms. The van der Waals surface area contributed by atoms with Crippen molar-refractivity contribution in [1.82, 2.24) is 10.1 Å². The van der Waals surface area contributed by atoms with Crippen LogP contribution in [0.3, 0.4) is 0 Å². The second-order valence-corrected chi connectivity index (χ2v) is 4.66. The molecule has 1 atom stereocenters. The van der Waals surface area contributed by atoms with Gasteiger partial charge in [-0.1, -0.05) is 35.0 Å². The first-order valence-corrected chi connectivity index (χ1v) is 5.89. The molecule has 1 unspecified atom stereocenters. The van der Waals surface area contributed by atoms with Gasteiger partial charge in [0, 0.05) is 5.92 Å². The van der Waals surface area contributed by atoms with E-state index in [-0.39, 0.29) is 6.04 Å². The number of nitrogens with two attached hydrogens (primary N) is 1. The number of aryl methyl sites for hydroxylation is 1. The van der Waals surface area contributed by atoms with Gasteiger partial charge in [0.2, 0.25) is 5.89 Å². The maximum atomic E-state index is 6.13. The molecule has 1 fully saturated rings.